The predicted molar refractivity (Wildman–Crippen MR) is 142 cm³/mol. The molecule has 3 heterocycles. The van der Waals surface area contributed by atoms with Gasteiger partial charge in [-0.1, -0.05) is 18.7 Å². The van der Waals surface area contributed by atoms with Crippen LogP contribution in [0.2, 0.25) is 0 Å². The normalized spacial score (nSPS) is 10.9. The maximum Gasteiger partial charge on any atom is 0.247 e. The first kappa shape index (κ1) is 23.0. The van der Waals surface area contributed by atoms with Gasteiger partial charge in [0.2, 0.25) is 11.8 Å². The van der Waals surface area contributed by atoms with Crippen LogP contribution in [0.5, 0.6) is 11.6 Å². The Hall–Kier alpha value is -4.76. The van der Waals surface area contributed by atoms with E-state index in [9.17, 15) is 4.79 Å². The summed E-state index contributed by atoms with van der Waals surface area (Å²) in [6, 6.07) is 15.4. The average molecular weight is 480 g/mol. The molecule has 180 valence electrons. The number of aromatic nitrogens is 4. The number of ether oxygens (including phenoxy) is 1. The summed E-state index contributed by atoms with van der Waals surface area (Å²) in [5, 5.41) is 10.2. The number of H-pyrrole nitrogens is 1. The van der Waals surface area contributed by atoms with Gasteiger partial charge in [0.1, 0.15) is 11.3 Å². The van der Waals surface area contributed by atoms with Gasteiger partial charge in [-0.3, -0.25) is 9.78 Å². The van der Waals surface area contributed by atoms with E-state index in [-0.39, 0.29) is 5.91 Å². The molecular formula is C27H25N7O2. The number of nitrogens with zero attached hydrogens (tertiary/aromatic N) is 3. The van der Waals surface area contributed by atoms with Gasteiger partial charge in [-0.05, 0) is 49.0 Å². The quantitative estimate of drug-likeness (QED) is 0.178. The van der Waals surface area contributed by atoms with Gasteiger partial charge in [0.15, 0.2) is 5.65 Å². The minimum absolute atomic E-state index is 0.312. The minimum Gasteiger partial charge on any atom is -0.437 e. The number of rotatable bonds is 9. The number of benzene rings is 2. The monoisotopic (exact) mass is 479 g/mol. The molecule has 0 saturated heterocycles. The lowest BCUT2D eigenvalue weighted by Gasteiger charge is -2.14. The zero-order valence-electron chi connectivity index (χ0n) is 19.7. The second-order valence-electron chi connectivity index (χ2n) is 8.05. The Labute approximate surface area is 207 Å². The van der Waals surface area contributed by atoms with E-state index in [0.29, 0.717) is 35.0 Å². The third-order valence-corrected chi connectivity index (χ3v) is 5.62. The summed E-state index contributed by atoms with van der Waals surface area (Å²) >= 11 is 0. The van der Waals surface area contributed by atoms with Crippen molar-refractivity contribution in [2.45, 2.75) is 0 Å². The lowest BCUT2D eigenvalue weighted by Crippen LogP contribution is -2.19. The molecule has 9 heteroatoms. The number of amides is 1. The van der Waals surface area contributed by atoms with Gasteiger partial charge >= 0.3 is 0 Å². The molecule has 0 saturated carbocycles. The van der Waals surface area contributed by atoms with Crippen LogP contribution < -0.4 is 20.7 Å². The second kappa shape index (κ2) is 10.2. The van der Waals surface area contributed by atoms with Gasteiger partial charge in [-0.2, -0.15) is 0 Å². The van der Waals surface area contributed by atoms with Crippen LogP contribution >= 0.6 is 0 Å². The van der Waals surface area contributed by atoms with Crippen molar-refractivity contribution in [1.82, 2.24) is 25.3 Å². The first-order chi connectivity index (χ1) is 17.6. The van der Waals surface area contributed by atoms with Crippen molar-refractivity contribution in [2.24, 2.45) is 0 Å². The SMILES string of the molecule is C=CC(=O)Nc1cc(Oc2cnc3[nH]cc(-c4ccc5ncccc5c4)c3n2)ccc1NCCNC. The van der Waals surface area contributed by atoms with Crippen molar-refractivity contribution >= 4 is 39.3 Å². The molecular weight excluding hydrogens is 454 g/mol. The molecule has 5 aromatic rings. The Morgan fingerprint density at radius 1 is 1.11 bits per heavy atom. The summed E-state index contributed by atoms with van der Waals surface area (Å²) in [4.78, 5) is 28.7. The van der Waals surface area contributed by atoms with Gasteiger partial charge < -0.3 is 25.7 Å². The molecule has 0 aliphatic heterocycles. The smallest absolute Gasteiger partial charge is 0.247 e. The Balaban J connectivity index is 1.45. The van der Waals surface area contributed by atoms with Crippen molar-refractivity contribution in [3.8, 4) is 22.8 Å². The zero-order chi connectivity index (χ0) is 24.9. The number of hydrogen-bond donors (Lipinski definition) is 4. The van der Waals surface area contributed by atoms with E-state index < -0.39 is 0 Å². The Morgan fingerprint density at radius 2 is 2.03 bits per heavy atom. The van der Waals surface area contributed by atoms with Crippen molar-refractivity contribution in [1.29, 1.82) is 0 Å². The van der Waals surface area contributed by atoms with Crippen LogP contribution in [0, 0.1) is 0 Å². The summed E-state index contributed by atoms with van der Waals surface area (Å²) in [6.45, 7) is 4.99. The number of aromatic amines is 1. The molecule has 5 rings (SSSR count). The van der Waals surface area contributed by atoms with Crippen molar-refractivity contribution in [3.63, 3.8) is 0 Å². The highest BCUT2D eigenvalue weighted by Gasteiger charge is 2.13. The summed E-state index contributed by atoms with van der Waals surface area (Å²) in [7, 11) is 1.88. The highest BCUT2D eigenvalue weighted by molar-refractivity contribution is 6.01. The molecule has 4 N–H and O–H groups in total. The molecule has 0 atom stereocenters. The number of fused-ring (bicyclic) bond motifs is 2. The molecule has 0 unspecified atom stereocenters. The number of hydrogen-bond acceptors (Lipinski definition) is 7. The predicted octanol–water partition coefficient (Wildman–Crippen LogP) is 4.72. The molecule has 0 aliphatic rings. The third kappa shape index (κ3) is 4.86. The fourth-order valence-electron chi connectivity index (χ4n) is 3.86. The number of carbonyl (C=O) groups is 1. The minimum atomic E-state index is -0.312. The van der Waals surface area contributed by atoms with Gasteiger partial charge in [-0.15, -0.1) is 0 Å². The standard InChI is InChI=1S/C27H25N7O2/c1-3-24(35)33-23-14-19(7-9-22(23)30-12-11-28-2)36-25-16-32-27-26(34-25)20(15-31-27)17-6-8-21-18(13-17)5-4-10-29-21/h3-10,13-16,28,30H,1,11-12H2,2H3,(H,31,32)(H,33,35). The molecule has 0 bridgehead atoms. The number of carbonyl (C=O) groups excluding carboxylic acids is 1. The second-order valence-corrected chi connectivity index (χ2v) is 8.05. The van der Waals surface area contributed by atoms with Crippen LogP contribution in [0.15, 0.2) is 79.8 Å². The summed E-state index contributed by atoms with van der Waals surface area (Å²) in [6.07, 6.45) is 6.46. The zero-order valence-corrected chi connectivity index (χ0v) is 19.7. The average Bonchev–Trinajstić information content (AvgIpc) is 3.33. The van der Waals surface area contributed by atoms with Crippen LogP contribution in [-0.2, 0) is 4.79 Å². The molecule has 3 aromatic heterocycles. The van der Waals surface area contributed by atoms with E-state index in [0.717, 1.165) is 34.3 Å². The highest BCUT2D eigenvalue weighted by atomic mass is 16.5. The van der Waals surface area contributed by atoms with Crippen molar-refractivity contribution in [3.05, 3.63) is 79.8 Å². The van der Waals surface area contributed by atoms with E-state index in [2.05, 4.69) is 43.5 Å². The Kier molecular flexibility index (Phi) is 6.55. The lowest BCUT2D eigenvalue weighted by molar-refractivity contribution is -0.111. The molecule has 36 heavy (non-hydrogen) atoms. The Bertz CT molecular complexity index is 1560. The van der Waals surface area contributed by atoms with E-state index >= 15 is 0 Å². The first-order valence-corrected chi connectivity index (χ1v) is 11.5. The van der Waals surface area contributed by atoms with Gasteiger partial charge in [0, 0.05) is 42.5 Å². The van der Waals surface area contributed by atoms with Crippen LogP contribution in [0.3, 0.4) is 0 Å². The fourth-order valence-corrected chi connectivity index (χ4v) is 3.86. The van der Waals surface area contributed by atoms with Crippen LogP contribution in [0.4, 0.5) is 11.4 Å². The Morgan fingerprint density at radius 3 is 2.89 bits per heavy atom. The van der Waals surface area contributed by atoms with Crippen LogP contribution in [0.1, 0.15) is 0 Å². The van der Waals surface area contributed by atoms with Crippen molar-refractivity contribution in [2.75, 3.05) is 30.8 Å². The molecule has 2 aromatic carbocycles. The van der Waals surface area contributed by atoms with Gasteiger partial charge in [0.05, 0.1) is 23.1 Å². The topological polar surface area (TPSA) is 117 Å². The molecule has 0 fully saturated rings. The summed E-state index contributed by atoms with van der Waals surface area (Å²) in [5.74, 6) is 0.534. The molecule has 0 radical (unpaired) electrons. The van der Waals surface area contributed by atoms with Crippen LogP contribution in [0.25, 0.3) is 33.2 Å². The molecule has 1 amide bonds. The molecule has 9 nitrogen and oxygen atoms in total. The summed E-state index contributed by atoms with van der Waals surface area (Å²) in [5.41, 5.74) is 5.55. The van der Waals surface area contributed by atoms with Crippen molar-refractivity contribution < 1.29 is 9.53 Å². The van der Waals surface area contributed by atoms with E-state index in [1.165, 1.54) is 6.08 Å². The number of anilines is 2. The lowest BCUT2D eigenvalue weighted by atomic mass is 10.1. The van der Waals surface area contributed by atoms with Gasteiger partial charge in [0.25, 0.3) is 0 Å². The first-order valence-electron chi connectivity index (χ1n) is 11.5. The van der Waals surface area contributed by atoms with E-state index in [1.807, 2.05) is 49.6 Å². The summed E-state index contributed by atoms with van der Waals surface area (Å²) < 4.78 is 6.04. The number of likely N-dealkylation sites (N-methyl/N-ethyl adjacent to an activating group) is 1. The van der Waals surface area contributed by atoms with Crippen LogP contribution in [-0.4, -0.2) is 46.0 Å². The molecule has 0 aliphatic carbocycles. The third-order valence-electron chi connectivity index (χ3n) is 5.62. The maximum atomic E-state index is 12.0. The maximum absolute atomic E-state index is 12.0. The largest absolute Gasteiger partial charge is 0.437 e. The fraction of sp³-hybridized carbons (Fsp3) is 0.111. The number of pyridine rings is 1. The van der Waals surface area contributed by atoms with E-state index in [4.69, 9.17) is 9.72 Å². The van der Waals surface area contributed by atoms with Gasteiger partial charge in [-0.25, -0.2) is 9.97 Å². The highest BCUT2D eigenvalue weighted by Crippen LogP contribution is 2.32. The molecule has 0 spiro atoms. The number of nitrogens with one attached hydrogen (secondary N) is 4. The van der Waals surface area contributed by atoms with E-state index in [1.54, 1.807) is 18.5 Å².